The molecule has 0 spiro atoms. The number of para-hydroxylation sites is 1. The van der Waals surface area contributed by atoms with Crippen LogP contribution in [0, 0.1) is 0 Å². The number of unbranched alkanes of at least 4 members (excludes halogenated alkanes) is 5. The number of hydrogen-bond acceptors (Lipinski definition) is 5. The molecule has 3 amide bonds. The van der Waals surface area contributed by atoms with Gasteiger partial charge in [0.1, 0.15) is 6.10 Å². The molecule has 0 aromatic heterocycles. The van der Waals surface area contributed by atoms with Crippen LogP contribution in [0.5, 0.6) is 0 Å². The normalized spacial score (nSPS) is 15.6. The van der Waals surface area contributed by atoms with Crippen molar-refractivity contribution in [2.75, 3.05) is 58.7 Å². The lowest BCUT2D eigenvalue weighted by Crippen LogP contribution is -2.43. The Hall–Kier alpha value is -4.01. The van der Waals surface area contributed by atoms with Crippen molar-refractivity contribution in [1.82, 2.24) is 9.80 Å². The number of nitrogens with zero attached hydrogens (tertiary/aromatic N) is 3. The van der Waals surface area contributed by atoms with E-state index in [4.69, 9.17) is 4.74 Å². The Bertz CT molecular complexity index is 1450. The van der Waals surface area contributed by atoms with Gasteiger partial charge in [-0.15, -0.1) is 0 Å². The summed E-state index contributed by atoms with van der Waals surface area (Å²) in [5, 5.41) is 2.96. The number of likely N-dealkylation sites (tertiary alicyclic amines) is 1. The maximum Gasteiger partial charge on any atom is 0.411 e. The number of anilines is 1. The zero-order chi connectivity index (χ0) is 33.1. The molecule has 5 rings (SSSR count). The van der Waals surface area contributed by atoms with Crippen LogP contribution in [0.15, 0.2) is 78.9 Å². The minimum absolute atomic E-state index is 0.0415. The van der Waals surface area contributed by atoms with E-state index < -0.39 is 0 Å². The van der Waals surface area contributed by atoms with E-state index >= 15 is 0 Å². The summed E-state index contributed by atoms with van der Waals surface area (Å²) in [7, 11) is 4.49. The third kappa shape index (κ3) is 9.75. The van der Waals surface area contributed by atoms with Crippen LogP contribution in [-0.4, -0.2) is 91.7 Å². The van der Waals surface area contributed by atoms with Crippen LogP contribution in [0.2, 0.25) is 0 Å². The molecule has 8 nitrogen and oxygen atoms in total. The van der Waals surface area contributed by atoms with E-state index in [1.165, 1.54) is 43.4 Å². The molecule has 0 saturated carbocycles. The highest BCUT2D eigenvalue weighted by Gasteiger charge is 2.35. The van der Waals surface area contributed by atoms with E-state index in [0.717, 1.165) is 73.3 Å². The van der Waals surface area contributed by atoms with Crippen LogP contribution in [-0.2, 0) is 4.74 Å². The largest absolute Gasteiger partial charge is 0.446 e. The summed E-state index contributed by atoms with van der Waals surface area (Å²) >= 11 is 0. The molecular weight excluding hydrogens is 588 g/mol. The number of rotatable bonds is 16. The van der Waals surface area contributed by atoms with Gasteiger partial charge in [-0.1, -0.05) is 79.9 Å². The zero-order valence-corrected chi connectivity index (χ0v) is 28.2. The highest BCUT2D eigenvalue weighted by Crippen LogP contribution is 2.28. The molecule has 250 valence electrons. The van der Waals surface area contributed by atoms with Gasteiger partial charge in [-0.25, -0.2) is 4.79 Å². The second kappa shape index (κ2) is 16.7. The molecule has 2 heterocycles. The van der Waals surface area contributed by atoms with Crippen molar-refractivity contribution in [2.24, 2.45) is 0 Å². The average molecular weight is 640 g/mol. The van der Waals surface area contributed by atoms with Crippen molar-refractivity contribution < 1.29 is 23.6 Å². The van der Waals surface area contributed by atoms with Gasteiger partial charge in [0.15, 0.2) is 0 Å². The second-order valence-corrected chi connectivity index (χ2v) is 13.6. The van der Waals surface area contributed by atoms with Crippen LogP contribution >= 0.6 is 0 Å². The molecule has 2 aliphatic rings. The first-order valence-corrected chi connectivity index (χ1v) is 17.4. The Morgan fingerprint density at radius 3 is 1.94 bits per heavy atom. The standard InChI is InChI=1S/C39H50N4O4/c1-43(2,30-16-26-42-37(44)34-20-10-11-21-35(34)38(42)45)29-15-6-4-3-5-14-25-41-27-23-32(24-28-41)47-39(46)40-36-22-13-12-19-33(36)31-17-8-7-9-18-31/h7-13,17-22,32H,3-6,14-16,23-30H2,1-2H3/p+1. The monoisotopic (exact) mass is 639 g/mol. The second-order valence-electron chi connectivity index (χ2n) is 13.6. The fourth-order valence-electron chi connectivity index (χ4n) is 6.80. The molecule has 8 heteroatoms. The van der Waals surface area contributed by atoms with Gasteiger partial charge in [-0.3, -0.25) is 19.8 Å². The van der Waals surface area contributed by atoms with Gasteiger partial charge in [0, 0.05) is 31.6 Å². The quantitative estimate of drug-likeness (QED) is 0.1000. The molecule has 3 aromatic carbocycles. The number of nitrogens with one attached hydrogen (secondary N) is 1. The van der Waals surface area contributed by atoms with Crippen molar-refractivity contribution in [3.05, 3.63) is 90.0 Å². The lowest BCUT2D eigenvalue weighted by Gasteiger charge is -2.31. The van der Waals surface area contributed by atoms with Gasteiger partial charge in [0.05, 0.1) is 44.0 Å². The number of benzene rings is 3. The first-order chi connectivity index (χ1) is 22.8. The van der Waals surface area contributed by atoms with Crippen molar-refractivity contribution in [2.45, 2.75) is 63.9 Å². The smallest absolute Gasteiger partial charge is 0.411 e. The number of carbonyl (C=O) groups is 3. The Labute approximate surface area is 280 Å². The molecule has 0 aliphatic carbocycles. The van der Waals surface area contributed by atoms with E-state index in [0.29, 0.717) is 17.7 Å². The highest BCUT2D eigenvalue weighted by molar-refractivity contribution is 6.21. The molecule has 3 aromatic rings. The topological polar surface area (TPSA) is 79.0 Å². The van der Waals surface area contributed by atoms with Gasteiger partial charge >= 0.3 is 6.09 Å². The fraction of sp³-hybridized carbons (Fsp3) is 0.462. The van der Waals surface area contributed by atoms with Gasteiger partial charge < -0.3 is 14.1 Å². The minimum Gasteiger partial charge on any atom is -0.446 e. The highest BCUT2D eigenvalue weighted by atomic mass is 16.6. The number of piperidine rings is 1. The Balaban J connectivity index is 0.881. The third-order valence-electron chi connectivity index (χ3n) is 9.57. The third-order valence-corrected chi connectivity index (χ3v) is 9.57. The molecule has 47 heavy (non-hydrogen) atoms. The molecule has 1 N–H and O–H groups in total. The maximum absolute atomic E-state index is 12.7. The van der Waals surface area contributed by atoms with Crippen LogP contribution in [0.3, 0.4) is 0 Å². The molecule has 0 unspecified atom stereocenters. The summed E-state index contributed by atoms with van der Waals surface area (Å²) in [5.41, 5.74) is 3.87. The average Bonchev–Trinajstić information content (AvgIpc) is 3.32. The molecule has 0 bridgehead atoms. The lowest BCUT2D eigenvalue weighted by atomic mass is 10.0. The number of hydrogen-bond donors (Lipinski definition) is 1. The number of fused-ring (bicyclic) bond motifs is 1. The Morgan fingerprint density at radius 2 is 1.26 bits per heavy atom. The fourth-order valence-corrected chi connectivity index (χ4v) is 6.80. The van der Waals surface area contributed by atoms with Crippen LogP contribution < -0.4 is 5.32 Å². The number of ether oxygens (including phenoxy) is 1. The first kappa shape index (κ1) is 34.3. The van der Waals surface area contributed by atoms with Crippen molar-refractivity contribution in [1.29, 1.82) is 0 Å². The van der Waals surface area contributed by atoms with E-state index in [1.807, 2.05) is 66.7 Å². The summed E-state index contributed by atoms with van der Waals surface area (Å²) in [6, 6.07) is 25.0. The number of carbonyl (C=O) groups excluding carboxylic acids is 3. The van der Waals surface area contributed by atoms with E-state index in [9.17, 15) is 14.4 Å². The summed E-state index contributed by atoms with van der Waals surface area (Å²) in [6.07, 6.45) is 9.55. The number of amides is 3. The van der Waals surface area contributed by atoms with E-state index in [2.05, 4.69) is 24.3 Å². The predicted octanol–water partition coefficient (Wildman–Crippen LogP) is 7.47. The van der Waals surface area contributed by atoms with Crippen molar-refractivity contribution >= 4 is 23.6 Å². The van der Waals surface area contributed by atoms with Gasteiger partial charge in [-0.2, -0.15) is 0 Å². The summed E-state index contributed by atoms with van der Waals surface area (Å²) < 4.78 is 6.71. The lowest BCUT2D eigenvalue weighted by molar-refractivity contribution is -0.890. The van der Waals surface area contributed by atoms with Gasteiger partial charge in [0.25, 0.3) is 11.8 Å². The minimum atomic E-state index is -0.379. The van der Waals surface area contributed by atoms with Gasteiger partial charge in [-0.05, 0) is 62.4 Å². The first-order valence-electron chi connectivity index (χ1n) is 17.4. The molecular formula is C39H51N4O4+. The zero-order valence-electron chi connectivity index (χ0n) is 28.2. The molecule has 0 atom stereocenters. The number of quaternary nitrogens is 1. The van der Waals surface area contributed by atoms with Crippen LogP contribution in [0.25, 0.3) is 11.1 Å². The summed E-state index contributed by atoms with van der Waals surface area (Å²) in [4.78, 5) is 41.8. The van der Waals surface area contributed by atoms with Gasteiger partial charge in [0.2, 0.25) is 0 Å². The molecule has 0 radical (unpaired) electrons. The molecule has 1 saturated heterocycles. The SMILES string of the molecule is C[N+](C)(CCCCCCCCN1CCC(OC(=O)Nc2ccccc2-c2ccccc2)CC1)CCCN1C(=O)c2ccccc2C1=O. The maximum atomic E-state index is 12.7. The van der Waals surface area contributed by atoms with Crippen LogP contribution in [0.1, 0.15) is 78.5 Å². The number of imide groups is 1. The van der Waals surface area contributed by atoms with Crippen LogP contribution in [0.4, 0.5) is 10.5 Å². The summed E-state index contributed by atoms with van der Waals surface area (Å²) in [6.45, 7) is 5.59. The molecule has 2 aliphatic heterocycles. The predicted molar refractivity (Wildman–Crippen MR) is 187 cm³/mol. The van der Waals surface area contributed by atoms with Crippen molar-refractivity contribution in [3.8, 4) is 11.1 Å². The van der Waals surface area contributed by atoms with E-state index in [-0.39, 0.29) is 24.0 Å². The Kier molecular flexibility index (Phi) is 12.2. The molecule has 1 fully saturated rings. The van der Waals surface area contributed by atoms with Crippen molar-refractivity contribution in [3.63, 3.8) is 0 Å². The summed E-state index contributed by atoms with van der Waals surface area (Å²) in [5.74, 6) is -0.313. The van der Waals surface area contributed by atoms with E-state index in [1.54, 1.807) is 12.1 Å². The Morgan fingerprint density at radius 1 is 0.702 bits per heavy atom.